The van der Waals surface area contributed by atoms with Gasteiger partial charge in [-0.15, -0.1) is 0 Å². The van der Waals surface area contributed by atoms with E-state index in [-0.39, 0.29) is 13.2 Å². The van der Waals surface area contributed by atoms with Gasteiger partial charge < -0.3 is 10.1 Å². The van der Waals surface area contributed by atoms with Crippen LogP contribution in [0.2, 0.25) is 0 Å². The molecule has 0 amide bonds. The Hall–Kier alpha value is -1.23. The number of hydrogen-bond donors (Lipinski definition) is 1. The van der Waals surface area contributed by atoms with Crippen LogP contribution in [0.15, 0.2) is 18.2 Å². The van der Waals surface area contributed by atoms with Crippen molar-refractivity contribution in [3.8, 4) is 5.75 Å². The Morgan fingerprint density at radius 3 is 2.29 bits per heavy atom. The summed E-state index contributed by atoms with van der Waals surface area (Å²) in [7, 11) is 0. The van der Waals surface area contributed by atoms with Gasteiger partial charge in [0.05, 0.1) is 6.54 Å². The van der Waals surface area contributed by atoms with Crippen LogP contribution in [0.5, 0.6) is 5.75 Å². The molecule has 1 N–H and O–H groups in total. The van der Waals surface area contributed by atoms with Crippen LogP contribution in [0.4, 0.5) is 13.2 Å². The number of para-hydroxylation sites is 1. The Kier molecular flexibility index (Phi) is 4.81. The Labute approximate surface area is 98.8 Å². The van der Waals surface area contributed by atoms with Gasteiger partial charge in [0.25, 0.3) is 0 Å². The topological polar surface area (TPSA) is 21.3 Å². The third-order valence-electron chi connectivity index (χ3n) is 2.26. The second-order valence-corrected chi connectivity index (χ2v) is 3.86. The van der Waals surface area contributed by atoms with Crippen molar-refractivity contribution < 1.29 is 17.9 Å². The van der Waals surface area contributed by atoms with Gasteiger partial charge in [0.15, 0.2) is 0 Å². The maximum Gasteiger partial charge on any atom is 0.401 e. The molecule has 0 heterocycles. The Bertz CT molecular complexity index is 343. The summed E-state index contributed by atoms with van der Waals surface area (Å²) in [6.45, 7) is 3.23. The fourth-order valence-electron chi connectivity index (χ4n) is 1.48. The highest BCUT2D eigenvalue weighted by atomic mass is 19.4. The number of alkyl halides is 3. The normalized spacial score (nSPS) is 11.6. The van der Waals surface area contributed by atoms with Crippen molar-refractivity contribution in [1.82, 2.24) is 5.32 Å². The zero-order chi connectivity index (χ0) is 12.9. The van der Waals surface area contributed by atoms with Crippen LogP contribution in [0, 0.1) is 13.8 Å². The van der Waals surface area contributed by atoms with Crippen molar-refractivity contribution in [2.75, 3.05) is 19.7 Å². The molecule has 5 heteroatoms. The Morgan fingerprint density at radius 2 is 1.76 bits per heavy atom. The summed E-state index contributed by atoms with van der Waals surface area (Å²) in [4.78, 5) is 0. The van der Waals surface area contributed by atoms with Crippen LogP contribution in [-0.2, 0) is 0 Å². The predicted octanol–water partition coefficient (Wildman–Crippen LogP) is 2.83. The Morgan fingerprint density at radius 1 is 1.18 bits per heavy atom. The van der Waals surface area contributed by atoms with E-state index in [1.807, 2.05) is 32.0 Å². The summed E-state index contributed by atoms with van der Waals surface area (Å²) in [5.74, 6) is 0.751. The third kappa shape index (κ3) is 5.08. The molecule has 0 aliphatic rings. The highest BCUT2D eigenvalue weighted by Gasteiger charge is 2.25. The first-order valence-corrected chi connectivity index (χ1v) is 5.36. The molecule has 96 valence electrons. The van der Waals surface area contributed by atoms with Gasteiger partial charge in [-0.1, -0.05) is 18.2 Å². The molecule has 2 nitrogen and oxygen atoms in total. The lowest BCUT2D eigenvalue weighted by Gasteiger charge is -2.13. The van der Waals surface area contributed by atoms with Crippen molar-refractivity contribution in [2.45, 2.75) is 20.0 Å². The maximum absolute atomic E-state index is 11.8. The number of benzene rings is 1. The van der Waals surface area contributed by atoms with Gasteiger partial charge in [0, 0.05) is 6.54 Å². The lowest BCUT2D eigenvalue weighted by molar-refractivity contribution is -0.124. The molecule has 0 saturated heterocycles. The molecule has 0 radical (unpaired) electrons. The van der Waals surface area contributed by atoms with E-state index in [0.717, 1.165) is 16.9 Å². The van der Waals surface area contributed by atoms with Crippen LogP contribution < -0.4 is 10.1 Å². The van der Waals surface area contributed by atoms with Gasteiger partial charge in [0.1, 0.15) is 12.4 Å². The van der Waals surface area contributed by atoms with Crippen LogP contribution in [0.1, 0.15) is 11.1 Å². The van der Waals surface area contributed by atoms with E-state index in [1.54, 1.807) is 0 Å². The number of halogens is 3. The summed E-state index contributed by atoms with van der Waals surface area (Å²) in [5, 5.41) is 2.28. The van der Waals surface area contributed by atoms with E-state index in [4.69, 9.17) is 4.74 Å². The molecule has 0 unspecified atom stereocenters. The van der Waals surface area contributed by atoms with Crippen LogP contribution in [0.3, 0.4) is 0 Å². The monoisotopic (exact) mass is 247 g/mol. The number of aryl methyl sites for hydroxylation is 2. The minimum atomic E-state index is -4.17. The molecule has 1 aromatic rings. The summed E-state index contributed by atoms with van der Waals surface area (Å²) >= 11 is 0. The van der Waals surface area contributed by atoms with Gasteiger partial charge in [-0.3, -0.25) is 0 Å². The maximum atomic E-state index is 11.8. The zero-order valence-electron chi connectivity index (χ0n) is 9.90. The van der Waals surface area contributed by atoms with Crippen molar-refractivity contribution in [3.63, 3.8) is 0 Å². The van der Waals surface area contributed by atoms with Gasteiger partial charge in [-0.05, 0) is 25.0 Å². The molecule has 0 bridgehead atoms. The summed E-state index contributed by atoms with van der Waals surface area (Å²) in [6.07, 6.45) is -4.17. The molecule has 0 aliphatic carbocycles. The summed E-state index contributed by atoms with van der Waals surface area (Å²) in [5.41, 5.74) is 1.97. The van der Waals surface area contributed by atoms with E-state index in [1.165, 1.54) is 0 Å². The fourth-order valence-corrected chi connectivity index (χ4v) is 1.48. The number of ether oxygens (including phenoxy) is 1. The number of rotatable bonds is 5. The van der Waals surface area contributed by atoms with Crippen LogP contribution in [0.25, 0.3) is 0 Å². The fraction of sp³-hybridized carbons (Fsp3) is 0.500. The minimum Gasteiger partial charge on any atom is -0.492 e. The highest BCUT2D eigenvalue weighted by molar-refractivity contribution is 5.39. The minimum absolute atomic E-state index is 0.174. The van der Waals surface area contributed by atoms with Gasteiger partial charge in [-0.25, -0.2) is 0 Å². The van der Waals surface area contributed by atoms with E-state index in [9.17, 15) is 13.2 Å². The van der Waals surface area contributed by atoms with Gasteiger partial charge in [-0.2, -0.15) is 13.2 Å². The molecule has 17 heavy (non-hydrogen) atoms. The lowest BCUT2D eigenvalue weighted by Crippen LogP contribution is -2.31. The third-order valence-corrected chi connectivity index (χ3v) is 2.26. The standard InChI is InChI=1S/C12H16F3NO/c1-9-4-3-5-10(2)11(9)17-7-6-16-8-12(13,14)15/h3-5,16H,6-8H2,1-2H3. The molecule has 0 aromatic heterocycles. The quantitative estimate of drug-likeness (QED) is 0.808. The lowest BCUT2D eigenvalue weighted by atomic mass is 10.1. The van der Waals surface area contributed by atoms with Gasteiger partial charge in [0.2, 0.25) is 0 Å². The summed E-state index contributed by atoms with van der Waals surface area (Å²) < 4.78 is 40.9. The SMILES string of the molecule is Cc1cccc(C)c1OCCNCC(F)(F)F. The second kappa shape index (κ2) is 5.91. The molecular weight excluding hydrogens is 231 g/mol. The van der Waals surface area contributed by atoms with Crippen LogP contribution in [-0.4, -0.2) is 25.9 Å². The largest absolute Gasteiger partial charge is 0.492 e. The van der Waals surface area contributed by atoms with E-state index in [0.29, 0.717) is 0 Å². The van der Waals surface area contributed by atoms with Gasteiger partial charge >= 0.3 is 6.18 Å². The van der Waals surface area contributed by atoms with Crippen molar-refractivity contribution in [2.24, 2.45) is 0 Å². The van der Waals surface area contributed by atoms with E-state index >= 15 is 0 Å². The average molecular weight is 247 g/mol. The van der Waals surface area contributed by atoms with E-state index in [2.05, 4.69) is 5.32 Å². The molecule has 0 atom stereocenters. The number of hydrogen-bond acceptors (Lipinski definition) is 2. The van der Waals surface area contributed by atoms with Crippen LogP contribution >= 0.6 is 0 Å². The summed E-state index contributed by atoms with van der Waals surface area (Å²) in [6, 6.07) is 5.73. The molecular formula is C12H16F3NO. The highest BCUT2D eigenvalue weighted by Crippen LogP contribution is 2.21. The first-order chi connectivity index (χ1) is 7.90. The zero-order valence-corrected chi connectivity index (χ0v) is 9.90. The first kappa shape index (κ1) is 13.8. The Balaban J connectivity index is 2.32. The molecule has 0 saturated carbocycles. The van der Waals surface area contributed by atoms with E-state index < -0.39 is 12.7 Å². The van der Waals surface area contributed by atoms with Crippen molar-refractivity contribution >= 4 is 0 Å². The second-order valence-electron chi connectivity index (χ2n) is 3.86. The molecule has 0 fully saturated rings. The smallest absolute Gasteiger partial charge is 0.401 e. The van der Waals surface area contributed by atoms with Crippen molar-refractivity contribution in [3.05, 3.63) is 29.3 Å². The molecule has 0 spiro atoms. The predicted molar refractivity (Wildman–Crippen MR) is 60.3 cm³/mol. The first-order valence-electron chi connectivity index (χ1n) is 5.36. The molecule has 1 rings (SSSR count). The average Bonchev–Trinajstić information content (AvgIpc) is 2.20. The number of nitrogens with one attached hydrogen (secondary N) is 1. The molecule has 1 aromatic carbocycles. The molecule has 0 aliphatic heterocycles. The van der Waals surface area contributed by atoms with Crippen molar-refractivity contribution in [1.29, 1.82) is 0 Å².